The van der Waals surface area contributed by atoms with Crippen molar-refractivity contribution in [3.8, 4) is 22.8 Å². The monoisotopic (exact) mass is 346 g/mol. The van der Waals surface area contributed by atoms with E-state index < -0.39 is 11.6 Å². The van der Waals surface area contributed by atoms with Crippen LogP contribution in [0, 0.1) is 0 Å². The number of carbonyl (C=O) groups excluding carboxylic acids is 1. The first-order valence-corrected chi connectivity index (χ1v) is 8.32. The molecule has 1 unspecified atom stereocenters. The summed E-state index contributed by atoms with van der Waals surface area (Å²) in [5.41, 5.74) is 0.496. The highest BCUT2D eigenvalue weighted by molar-refractivity contribution is 6.07. The molecule has 2 aromatic carbocycles. The molecule has 2 aliphatic rings. The first-order valence-electron chi connectivity index (χ1n) is 8.32. The normalized spacial score (nSPS) is 20.5. The Balaban J connectivity index is 1.84. The molecule has 7 nitrogen and oxygen atoms in total. The number of amides is 1. The van der Waals surface area contributed by atoms with Crippen molar-refractivity contribution in [2.45, 2.75) is 18.5 Å². The smallest absolute Gasteiger partial charge is 0.353 e. The summed E-state index contributed by atoms with van der Waals surface area (Å²) in [5, 5.41) is 14.6. The summed E-state index contributed by atoms with van der Waals surface area (Å²) in [5.74, 6) is -0.420. The number of carbonyl (C=O) groups is 2. The summed E-state index contributed by atoms with van der Waals surface area (Å²) in [6.07, 6.45) is 0.306. The zero-order valence-corrected chi connectivity index (χ0v) is 13.7. The average Bonchev–Trinajstić information content (AvgIpc) is 3.26. The van der Waals surface area contributed by atoms with Gasteiger partial charge in [0, 0.05) is 24.0 Å². The van der Waals surface area contributed by atoms with E-state index in [0.29, 0.717) is 22.9 Å². The van der Waals surface area contributed by atoms with Crippen LogP contribution in [0.3, 0.4) is 0 Å². The van der Waals surface area contributed by atoms with Crippen molar-refractivity contribution in [3.63, 3.8) is 0 Å². The van der Waals surface area contributed by atoms with E-state index >= 15 is 0 Å². The molecule has 5 rings (SSSR count). The van der Waals surface area contributed by atoms with Crippen LogP contribution in [0.1, 0.15) is 12.8 Å². The average molecular weight is 346 g/mol. The number of rotatable bonds is 2. The second-order valence-corrected chi connectivity index (χ2v) is 6.40. The number of hydrogen-bond donors (Lipinski definition) is 1. The highest BCUT2D eigenvalue weighted by atomic mass is 16.4. The van der Waals surface area contributed by atoms with Crippen LogP contribution in [0.5, 0.6) is 0 Å². The summed E-state index contributed by atoms with van der Waals surface area (Å²) in [6.45, 7) is 0. The molecule has 0 saturated carbocycles. The number of aromatic nitrogens is 3. The Hall–Kier alpha value is -3.48. The van der Waals surface area contributed by atoms with Crippen molar-refractivity contribution >= 4 is 17.6 Å². The van der Waals surface area contributed by atoms with Crippen molar-refractivity contribution in [1.82, 2.24) is 14.8 Å². The van der Waals surface area contributed by atoms with Crippen LogP contribution in [0.15, 0.2) is 54.6 Å². The lowest BCUT2D eigenvalue weighted by Crippen LogP contribution is -2.56. The molecule has 1 amide bonds. The molecular formula is C19H14N4O3. The third-order valence-corrected chi connectivity index (χ3v) is 5.02. The maximum atomic E-state index is 12.6. The minimum Gasteiger partial charge on any atom is -0.478 e. The van der Waals surface area contributed by atoms with Crippen LogP contribution < -0.4 is 4.90 Å². The van der Waals surface area contributed by atoms with Gasteiger partial charge in [0.15, 0.2) is 11.6 Å². The molecule has 0 aliphatic carbocycles. The molecule has 1 aromatic heterocycles. The number of para-hydroxylation sites is 1. The zero-order chi connectivity index (χ0) is 17.9. The molecule has 1 fully saturated rings. The van der Waals surface area contributed by atoms with Gasteiger partial charge in [0.1, 0.15) is 0 Å². The first kappa shape index (κ1) is 14.8. The maximum Gasteiger partial charge on any atom is 0.353 e. The van der Waals surface area contributed by atoms with Crippen molar-refractivity contribution in [2.75, 3.05) is 4.90 Å². The van der Waals surface area contributed by atoms with E-state index in [1.807, 2.05) is 42.5 Å². The lowest BCUT2D eigenvalue weighted by Gasteiger charge is -2.39. The number of aliphatic carboxylic acids is 1. The molecule has 128 valence electrons. The molecule has 1 saturated heterocycles. The molecule has 1 atom stereocenters. The van der Waals surface area contributed by atoms with Crippen LogP contribution in [0.4, 0.5) is 5.69 Å². The van der Waals surface area contributed by atoms with Gasteiger partial charge >= 0.3 is 5.97 Å². The molecule has 3 aromatic rings. The molecular weight excluding hydrogens is 332 g/mol. The van der Waals surface area contributed by atoms with Gasteiger partial charge in [0.2, 0.25) is 11.6 Å². The fourth-order valence-corrected chi connectivity index (χ4v) is 3.85. The molecule has 0 spiro atoms. The van der Waals surface area contributed by atoms with Crippen LogP contribution in [-0.4, -0.2) is 31.7 Å². The van der Waals surface area contributed by atoms with E-state index in [2.05, 4.69) is 10.1 Å². The number of anilines is 1. The number of carboxylic acids is 1. The minimum atomic E-state index is -1.57. The topological polar surface area (TPSA) is 88.3 Å². The Morgan fingerprint density at radius 1 is 1.08 bits per heavy atom. The van der Waals surface area contributed by atoms with Crippen LogP contribution in [0.2, 0.25) is 0 Å². The molecule has 7 heteroatoms. The van der Waals surface area contributed by atoms with Gasteiger partial charge in [-0.1, -0.05) is 42.5 Å². The van der Waals surface area contributed by atoms with Crippen molar-refractivity contribution in [3.05, 3.63) is 54.6 Å². The van der Waals surface area contributed by atoms with E-state index in [9.17, 15) is 14.7 Å². The van der Waals surface area contributed by atoms with Crippen LogP contribution in [0.25, 0.3) is 22.8 Å². The van der Waals surface area contributed by atoms with E-state index in [4.69, 9.17) is 0 Å². The number of fused-ring (bicyclic) bond motifs is 6. The molecule has 26 heavy (non-hydrogen) atoms. The van der Waals surface area contributed by atoms with Gasteiger partial charge in [-0.2, -0.15) is 0 Å². The highest BCUT2D eigenvalue weighted by Gasteiger charge is 2.58. The van der Waals surface area contributed by atoms with Gasteiger partial charge < -0.3 is 5.11 Å². The van der Waals surface area contributed by atoms with Crippen molar-refractivity contribution < 1.29 is 14.7 Å². The lowest BCUT2D eigenvalue weighted by atomic mass is 10.0. The van der Waals surface area contributed by atoms with Gasteiger partial charge in [0.25, 0.3) is 0 Å². The highest BCUT2D eigenvalue weighted by Crippen LogP contribution is 2.48. The van der Waals surface area contributed by atoms with Crippen molar-refractivity contribution in [1.29, 1.82) is 0 Å². The van der Waals surface area contributed by atoms with Gasteiger partial charge in [-0.25, -0.2) is 14.5 Å². The van der Waals surface area contributed by atoms with E-state index in [1.54, 1.807) is 12.1 Å². The predicted molar refractivity (Wildman–Crippen MR) is 93.2 cm³/mol. The van der Waals surface area contributed by atoms with Gasteiger partial charge in [-0.3, -0.25) is 9.69 Å². The molecule has 1 N–H and O–H groups in total. The third kappa shape index (κ3) is 1.72. The van der Waals surface area contributed by atoms with E-state index in [0.717, 1.165) is 5.56 Å². The fraction of sp³-hybridized carbons (Fsp3) is 0.158. The Morgan fingerprint density at radius 3 is 2.58 bits per heavy atom. The molecule has 3 heterocycles. The summed E-state index contributed by atoms with van der Waals surface area (Å²) < 4.78 is 1.41. The zero-order valence-electron chi connectivity index (χ0n) is 13.7. The van der Waals surface area contributed by atoms with E-state index in [-0.39, 0.29) is 18.7 Å². The molecule has 0 bridgehead atoms. The van der Waals surface area contributed by atoms with Crippen molar-refractivity contribution in [2.24, 2.45) is 0 Å². The summed E-state index contributed by atoms with van der Waals surface area (Å²) >= 11 is 0. The largest absolute Gasteiger partial charge is 0.478 e. The summed E-state index contributed by atoms with van der Waals surface area (Å²) in [7, 11) is 0. The number of carboxylic acid groups (broad SMARTS) is 1. The third-order valence-electron chi connectivity index (χ3n) is 5.02. The lowest BCUT2D eigenvalue weighted by molar-refractivity contribution is -0.148. The standard InChI is InChI=1S/C19H14N4O3/c24-15-10-11-19(18(25)26)22(15)14-9-5-4-8-13(14)17-20-16(21-23(17)19)12-6-2-1-3-7-12/h1-9H,10-11H2,(H,25,26). The van der Waals surface area contributed by atoms with Crippen LogP contribution in [-0.2, 0) is 15.3 Å². The first-order chi connectivity index (χ1) is 12.6. The Kier molecular flexibility index (Phi) is 2.86. The quantitative estimate of drug-likeness (QED) is 0.770. The second kappa shape index (κ2) is 5.01. The molecule has 2 aliphatic heterocycles. The minimum absolute atomic E-state index is 0.153. The Bertz CT molecular complexity index is 1060. The summed E-state index contributed by atoms with van der Waals surface area (Å²) in [4.78, 5) is 30.9. The van der Waals surface area contributed by atoms with Gasteiger partial charge in [-0.15, -0.1) is 5.10 Å². The maximum absolute atomic E-state index is 12.6. The predicted octanol–water partition coefficient (Wildman–Crippen LogP) is 2.49. The SMILES string of the molecule is O=C1CCC2(C(=O)O)N1c1ccccc1-c1nc(-c3ccccc3)nn12. The van der Waals surface area contributed by atoms with Crippen LogP contribution >= 0.6 is 0 Å². The van der Waals surface area contributed by atoms with Gasteiger partial charge in [-0.05, 0) is 12.1 Å². The number of hydrogen-bond acceptors (Lipinski definition) is 4. The Labute approximate surface area is 148 Å². The Morgan fingerprint density at radius 2 is 1.81 bits per heavy atom. The summed E-state index contributed by atoms with van der Waals surface area (Å²) in [6, 6.07) is 16.6. The molecule has 0 radical (unpaired) electrons. The number of nitrogens with zero attached hydrogens (tertiary/aromatic N) is 4. The fourth-order valence-electron chi connectivity index (χ4n) is 3.85. The van der Waals surface area contributed by atoms with Gasteiger partial charge in [0.05, 0.1) is 5.69 Å². The van der Waals surface area contributed by atoms with E-state index in [1.165, 1.54) is 9.58 Å². The second-order valence-electron chi connectivity index (χ2n) is 6.40. The number of benzene rings is 2.